The van der Waals surface area contributed by atoms with Gasteiger partial charge in [0.15, 0.2) is 0 Å². The highest BCUT2D eigenvalue weighted by atomic mass is 79.9. The fraction of sp³-hybridized carbons (Fsp3) is 0.250. The Morgan fingerprint density at radius 1 is 1.00 bits per heavy atom. The van der Waals surface area contributed by atoms with Crippen LogP contribution in [0.3, 0.4) is 0 Å². The zero-order valence-corrected chi connectivity index (χ0v) is 13.3. The highest BCUT2D eigenvalue weighted by molar-refractivity contribution is 9.09. The summed E-state index contributed by atoms with van der Waals surface area (Å²) in [4.78, 5) is -0.257. The molecule has 0 fully saturated rings. The number of halogens is 3. The molecule has 0 spiro atoms. The molecule has 0 saturated carbocycles. The van der Waals surface area contributed by atoms with Crippen molar-refractivity contribution in [3.05, 3.63) is 59.2 Å². The predicted octanol–water partition coefficient (Wildman–Crippen LogP) is 4.66. The molecule has 0 saturated heterocycles. The Bertz CT molecular complexity index is 589. The molecular weight excluding hydrogens is 342 g/mol. The first-order valence-electron chi connectivity index (χ1n) is 6.35. The van der Waals surface area contributed by atoms with Crippen LogP contribution in [0.1, 0.15) is 16.0 Å². The third-order valence-corrected chi connectivity index (χ3v) is 4.03. The molecule has 0 aliphatic carbocycles. The second-order valence-corrected chi connectivity index (χ2v) is 5.62. The molecule has 1 unspecified atom stereocenters. The third kappa shape index (κ3) is 3.73. The summed E-state index contributed by atoms with van der Waals surface area (Å²) in [6.07, 6.45) is 0.189. The molecule has 1 atom stereocenters. The van der Waals surface area contributed by atoms with Gasteiger partial charge in [-0.15, -0.1) is 0 Å². The van der Waals surface area contributed by atoms with Crippen molar-refractivity contribution in [1.29, 1.82) is 0 Å². The normalized spacial score (nSPS) is 12.0. The first-order valence-corrected chi connectivity index (χ1v) is 7.26. The lowest BCUT2D eigenvalue weighted by Crippen LogP contribution is -2.02. The summed E-state index contributed by atoms with van der Waals surface area (Å²) in [7, 11) is 3.11. The second-order valence-electron chi connectivity index (χ2n) is 4.52. The maximum atomic E-state index is 13.7. The van der Waals surface area contributed by atoms with Crippen LogP contribution in [-0.2, 0) is 6.42 Å². The summed E-state index contributed by atoms with van der Waals surface area (Å²) in [5.74, 6) is 0.161. The smallest absolute Gasteiger partial charge is 0.129 e. The average molecular weight is 357 g/mol. The van der Waals surface area contributed by atoms with E-state index in [1.165, 1.54) is 18.2 Å². The van der Waals surface area contributed by atoms with E-state index in [0.29, 0.717) is 11.5 Å². The Hall–Kier alpha value is -1.62. The van der Waals surface area contributed by atoms with Crippen LogP contribution in [-0.4, -0.2) is 14.2 Å². The summed E-state index contributed by atoms with van der Waals surface area (Å²) in [6, 6.07) is 9.22. The Labute approximate surface area is 130 Å². The minimum atomic E-state index is -0.547. The number of ether oxygens (including phenoxy) is 2. The van der Waals surface area contributed by atoms with E-state index in [0.717, 1.165) is 5.56 Å². The number of hydrogen-bond acceptors (Lipinski definition) is 2. The van der Waals surface area contributed by atoms with E-state index < -0.39 is 11.6 Å². The Morgan fingerprint density at radius 2 is 1.52 bits per heavy atom. The van der Waals surface area contributed by atoms with E-state index in [4.69, 9.17) is 9.47 Å². The molecule has 0 heterocycles. The summed E-state index contributed by atoms with van der Waals surface area (Å²) in [5, 5.41) is 0. The van der Waals surface area contributed by atoms with Crippen LogP contribution in [0.2, 0.25) is 0 Å². The molecule has 112 valence electrons. The zero-order chi connectivity index (χ0) is 15.4. The van der Waals surface area contributed by atoms with Crippen LogP contribution >= 0.6 is 15.9 Å². The van der Waals surface area contributed by atoms with Gasteiger partial charge in [0.25, 0.3) is 0 Å². The van der Waals surface area contributed by atoms with Crippen molar-refractivity contribution in [1.82, 2.24) is 0 Å². The van der Waals surface area contributed by atoms with E-state index >= 15 is 0 Å². The lowest BCUT2D eigenvalue weighted by molar-refractivity contribution is 0.393. The van der Waals surface area contributed by atoms with E-state index in [2.05, 4.69) is 15.9 Å². The van der Waals surface area contributed by atoms with Gasteiger partial charge in [-0.3, -0.25) is 0 Å². The molecule has 5 heteroatoms. The lowest BCUT2D eigenvalue weighted by atomic mass is 10.0. The van der Waals surface area contributed by atoms with Gasteiger partial charge in [0.2, 0.25) is 0 Å². The largest absolute Gasteiger partial charge is 0.497 e. The minimum Gasteiger partial charge on any atom is -0.497 e. The van der Waals surface area contributed by atoms with Crippen molar-refractivity contribution in [2.45, 2.75) is 11.2 Å². The van der Waals surface area contributed by atoms with E-state index in [1.807, 2.05) is 0 Å². The summed E-state index contributed by atoms with van der Waals surface area (Å²) >= 11 is 3.47. The van der Waals surface area contributed by atoms with E-state index in [1.54, 1.807) is 32.4 Å². The average Bonchev–Trinajstić information content (AvgIpc) is 2.50. The maximum absolute atomic E-state index is 13.7. The van der Waals surface area contributed by atoms with Crippen LogP contribution in [0, 0.1) is 11.6 Å². The van der Waals surface area contributed by atoms with Gasteiger partial charge in [0.1, 0.15) is 23.1 Å². The molecule has 0 aromatic heterocycles. The second kappa shape index (κ2) is 6.89. The Balaban J connectivity index is 2.30. The van der Waals surface area contributed by atoms with E-state index in [9.17, 15) is 8.78 Å². The number of rotatable bonds is 5. The molecule has 0 amide bonds. The van der Waals surface area contributed by atoms with Crippen LogP contribution in [0.4, 0.5) is 8.78 Å². The third-order valence-electron chi connectivity index (χ3n) is 3.18. The molecule has 2 aromatic rings. The Kier molecular flexibility index (Phi) is 5.17. The molecule has 0 bridgehead atoms. The van der Waals surface area contributed by atoms with Crippen molar-refractivity contribution in [3.8, 4) is 11.5 Å². The van der Waals surface area contributed by atoms with Crippen molar-refractivity contribution in [2.75, 3.05) is 14.2 Å². The number of hydrogen-bond donors (Lipinski definition) is 0. The molecule has 2 rings (SSSR count). The fourth-order valence-corrected chi connectivity index (χ4v) is 2.62. The van der Waals surface area contributed by atoms with Crippen LogP contribution in [0.15, 0.2) is 36.4 Å². The van der Waals surface area contributed by atoms with Gasteiger partial charge in [-0.1, -0.05) is 22.0 Å². The van der Waals surface area contributed by atoms with Gasteiger partial charge in [-0.05, 0) is 36.2 Å². The quantitative estimate of drug-likeness (QED) is 0.725. The molecule has 0 aliphatic rings. The van der Waals surface area contributed by atoms with Crippen LogP contribution in [0.5, 0.6) is 11.5 Å². The first-order chi connectivity index (χ1) is 10.0. The molecule has 21 heavy (non-hydrogen) atoms. The number of benzene rings is 2. The van der Waals surface area contributed by atoms with Gasteiger partial charge in [0.05, 0.1) is 14.2 Å². The van der Waals surface area contributed by atoms with Crippen molar-refractivity contribution in [2.24, 2.45) is 0 Å². The molecule has 0 aliphatic heterocycles. The van der Waals surface area contributed by atoms with Gasteiger partial charge < -0.3 is 9.47 Å². The lowest BCUT2D eigenvalue weighted by Gasteiger charge is -2.14. The summed E-state index contributed by atoms with van der Waals surface area (Å²) in [6.45, 7) is 0. The molecule has 2 aromatic carbocycles. The number of alkyl halides is 1. The molecular formula is C16H15BrF2O2. The number of methoxy groups -OCH3 is 2. The summed E-state index contributed by atoms with van der Waals surface area (Å²) in [5.41, 5.74) is 0.884. The van der Waals surface area contributed by atoms with Gasteiger partial charge in [0, 0.05) is 16.5 Å². The fourth-order valence-electron chi connectivity index (χ4n) is 2.03. The standard InChI is InChI=1S/C16H15BrF2O2/c1-20-11-6-10(7-12(8-11)21-2)14(17)9-13-15(18)4-3-5-16(13)19/h3-8,14H,9H2,1-2H3. The van der Waals surface area contributed by atoms with Crippen LogP contribution in [0.25, 0.3) is 0 Å². The van der Waals surface area contributed by atoms with Crippen molar-refractivity contribution in [3.63, 3.8) is 0 Å². The molecule has 0 radical (unpaired) electrons. The van der Waals surface area contributed by atoms with Crippen LogP contribution < -0.4 is 9.47 Å². The van der Waals surface area contributed by atoms with Crippen molar-refractivity contribution >= 4 is 15.9 Å². The van der Waals surface area contributed by atoms with Gasteiger partial charge in [-0.2, -0.15) is 0 Å². The highest BCUT2D eigenvalue weighted by Gasteiger charge is 2.16. The highest BCUT2D eigenvalue weighted by Crippen LogP contribution is 2.34. The first kappa shape index (κ1) is 15.8. The SMILES string of the molecule is COc1cc(OC)cc(C(Br)Cc2c(F)cccc2F)c1. The monoisotopic (exact) mass is 356 g/mol. The Morgan fingerprint density at radius 3 is 2.00 bits per heavy atom. The predicted molar refractivity (Wildman–Crippen MR) is 81.3 cm³/mol. The maximum Gasteiger partial charge on any atom is 0.129 e. The zero-order valence-electron chi connectivity index (χ0n) is 11.7. The minimum absolute atomic E-state index is 0.0566. The molecule has 0 N–H and O–H groups in total. The van der Waals surface area contributed by atoms with Crippen molar-refractivity contribution < 1.29 is 18.3 Å². The summed E-state index contributed by atoms with van der Waals surface area (Å²) < 4.78 is 37.8. The molecule has 2 nitrogen and oxygen atoms in total. The van der Waals surface area contributed by atoms with Gasteiger partial charge in [-0.25, -0.2) is 8.78 Å². The van der Waals surface area contributed by atoms with E-state index in [-0.39, 0.29) is 16.8 Å². The topological polar surface area (TPSA) is 18.5 Å². The van der Waals surface area contributed by atoms with Gasteiger partial charge >= 0.3 is 0 Å².